The molecule has 0 N–H and O–H groups in total. The standard InChI is InChI=1S/C24H16N4O/c29-24-21(20-9-3-6-17-7-4-13-27-23(17)20)14-18(22-10-1-2-12-26-22)16-28(24)19-8-5-11-25-15-19/h1-16H. The highest BCUT2D eigenvalue weighted by Crippen LogP contribution is 2.28. The fourth-order valence-corrected chi connectivity index (χ4v) is 3.46. The monoisotopic (exact) mass is 376 g/mol. The number of fused-ring (bicyclic) bond motifs is 1. The number of para-hydroxylation sites is 1. The maximum absolute atomic E-state index is 13.5. The van der Waals surface area contributed by atoms with Crippen molar-refractivity contribution in [1.82, 2.24) is 19.5 Å². The number of pyridine rings is 4. The van der Waals surface area contributed by atoms with Crippen molar-refractivity contribution in [3.63, 3.8) is 0 Å². The van der Waals surface area contributed by atoms with Gasteiger partial charge in [0.05, 0.1) is 28.7 Å². The summed E-state index contributed by atoms with van der Waals surface area (Å²) in [6.45, 7) is 0. The lowest BCUT2D eigenvalue weighted by atomic mass is 10.0. The molecule has 5 rings (SSSR count). The highest BCUT2D eigenvalue weighted by atomic mass is 16.1. The number of rotatable bonds is 3. The maximum atomic E-state index is 13.5. The van der Waals surface area contributed by atoms with Crippen LogP contribution in [0.25, 0.3) is 39.0 Å². The minimum absolute atomic E-state index is 0.129. The normalized spacial score (nSPS) is 10.9. The van der Waals surface area contributed by atoms with Gasteiger partial charge in [0.25, 0.3) is 5.56 Å². The predicted octanol–water partition coefficient (Wildman–Crippen LogP) is 4.51. The Balaban J connectivity index is 1.84. The molecule has 0 atom stereocenters. The van der Waals surface area contributed by atoms with Crippen LogP contribution in [0, 0.1) is 0 Å². The Bertz CT molecular complexity index is 1360. The van der Waals surface area contributed by atoms with Crippen LogP contribution in [0.5, 0.6) is 0 Å². The van der Waals surface area contributed by atoms with Gasteiger partial charge >= 0.3 is 0 Å². The van der Waals surface area contributed by atoms with Crippen LogP contribution in [0.4, 0.5) is 0 Å². The van der Waals surface area contributed by atoms with Gasteiger partial charge in [0.15, 0.2) is 0 Å². The zero-order valence-electron chi connectivity index (χ0n) is 15.4. The van der Waals surface area contributed by atoms with Crippen molar-refractivity contribution in [3.8, 4) is 28.1 Å². The molecule has 0 amide bonds. The molecule has 4 aromatic heterocycles. The second-order valence-electron chi connectivity index (χ2n) is 6.62. The van der Waals surface area contributed by atoms with Crippen molar-refractivity contribution in [2.24, 2.45) is 0 Å². The Morgan fingerprint density at radius 3 is 2.45 bits per heavy atom. The number of hydrogen-bond donors (Lipinski definition) is 0. The Morgan fingerprint density at radius 1 is 0.759 bits per heavy atom. The van der Waals surface area contributed by atoms with Gasteiger partial charge in [-0.05, 0) is 36.4 Å². The van der Waals surface area contributed by atoms with E-state index in [0.717, 1.165) is 27.7 Å². The summed E-state index contributed by atoms with van der Waals surface area (Å²) in [5, 5.41) is 0.987. The SMILES string of the molecule is O=c1c(-c2cccc3cccnc23)cc(-c2ccccn2)cn1-c1cccnc1. The molecule has 0 aliphatic heterocycles. The van der Waals surface area contributed by atoms with Crippen LogP contribution in [0.2, 0.25) is 0 Å². The largest absolute Gasteiger partial charge is 0.282 e. The first-order valence-electron chi connectivity index (χ1n) is 9.24. The second-order valence-corrected chi connectivity index (χ2v) is 6.62. The van der Waals surface area contributed by atoms with E-state index < -0.39 is 0 Å². The molecule has 29 heavy (non-hydrogen) atoms. The number of aromatic nitrogens is 4. The minimum Gasteiger partial charge on any atom is -0.282 e. The zero-order chi connectivity index (χ0) is 19.6. The van der Waals surface area contributed by atoms with E-state index >= 15 is 0 Å². The van der Waals surface area contributed by atoms with E-state index in [9.17, 15) is 4.79 Å². The molecule has 0 unspecified atom stereocenters. The van der Waals surface area contributed by atoms with Crippen molar-refractivity contribution in [1.29, 1.82) is 0 Å². The van der Waals surface area contributed by atoms with Gasteiger partial charge in [-0.25, -0.2) is 0 Å². The smallest absolute Gasteiger partial charge is 0.263 e. The number of hydrogen-bond acceptors (Lipinski definition) is 4. The molecule has 0 saturated heterocycles. The zero-order valence-corrected chi connectivity index (χ0v) is 15.4. The summed E-state index contributed by atoms with van der Waals surface area (Å²) in [4.78, 5) is 26.6. The van der Waals surface area contributed by atoms with Gasteiger partial charge < -0.3 is 0 Å². The fraction of sp³-hybridized carbons (Fsp3) is 0. The third-order valence-corrected chi connectivity index (χ3v) is 4.82. The Hall–Kier alpha value is -4.12. The molecule has 0 spiro atoms. The summed E-state index contributed by atoms with van der Waals surface area (Å²) in [6, 6.07) is 21.1. The van der Waals surface area contributed by atoms with Crippen LogP contribution in [0.1, 0.15) is 0 Å². The van der Waals surface area contributed by atoms with E-state index in [-0.39, 0.29) is 5.56 Å². The highest BCUT2D eigenvalue weighted by molar-refractivity contribution is 5.94. The lowest BCUT2D eigenvalue weighted by Crippen LogP contribution is -2.20. The van der Waals surface area contributed by atoms with Crippen molar-refractivity contribution in [3.05, 3.63) is 108 Å². The molecule has 5 aromatic rings. The third-order valence-electron chi connectivity index (χ3n) is 4.82. The molecule has 5 nitrogen and oxygen atoms in total. The Kier molecular flexibility index (Phi) is 4.18. The molecular formula is C24H16N4O. The summed E-state index contributed by atoms with van der Waals surface area (Å²) in [7, 11) is 0. The van der Waals surface area contributed by atoms with Gasteiger partial charge in [-0.1, -0.05) is 30.3 Å². The molecule has 0 saturated carbocycles. The van der Waals surface area contributed by atoms with Gasteiger partial charge in [0.1, 0.15) is 0 Å². The lowest BCUT2D eigenvalue weighted by molar-refractivity contribution is 0.981. The molecule has 138 valence electrons. The third kappa shape index (κ3) is 3.08. The van der Waals surface area contributed by atoms with Crippen LogP contribution in [-0.4, -0.2) is 19.5 Å². The van der Waals surface area contributed by atoms with Crippen LogP contribution in [0.15, 0.2) is 103 Å². The first-order valence-corrected chi connectivity index (χ1v) is 9.24. The van der Waals surface area contributed by atoms with E-state index in [1.807, 2.05) is 72.9 Å². The Labute approximate surface area is 167 Å². The summed E-state index contributed by atoms with van der Waals surface area (Å²) in [5.74, 6) is 0. The van der Waals surface area contributed by atoms with Gasteiger partial charge in [-0.2, -0.15) is 0 Å². The quantitative estimate of drug-likeness (QED) is 0.465. The predicted molar refractivity (Wildman–Crippen MR) is 114 cm³/mol. The van der Waals surface area contributed by atoms with Crippen molar-refractivity contribution >= 4 is 10.9 Å². The first kappa shape index (κ1) is 17.0. The van der Waals surface area contributed by atoms with Crippen LogP contribution in [-0.2, 0) is 0 Å². The van der Waals surface area contributed by atoms with Crippen molar-refractivity contribution in [2.75, 3.05) is 0 Å². The molecule has 0 aliphatic carbocycles. The molecule has 5 heteroatoms. The fourth-order valence-electron chi connectivity index (χ4n) is 3.46. The van der Waals surface area contributed by atoms with Crippen LogP contribution in [0.3, 0.4) is 0 Å². The minimum atomic E-state index is -0.129. The lowest BCUT2D eigenvalue weighted by Gasteiger charge is -2.13. The maximum Gasteiger partial charge on any atom is 0.263 e. The van der Waals surface area contributed by atoms with Crippen molar-refractivity contribution < 1.29 is 0 Å². The highest BCUT2D eigenvalue weighted by Gasteiger charge is 2.15. The molecule has 1 aromatic carbocycles. The van der Waals surface area contributed by atoms with E-state index in [0.29, 0.717) is 11.3 Å². The molecule has 0 bridgehead atoms. The topological polar surface area (TPSA) is 60.7 Å². The molecular weight excluding hydrogens is 360 g/mol. The molecule has 4 heterocycles. The van der Waals surface area contributed by atoms with Crippen LogP contribution >= 0.6 is 0 Å². The average molecular weight is 376 g/mol. The molecule has 0 aliphatic rings. The summed E-state index contributed by atoms with van der Waals surface area (Å²) < 4.78 is 1.62. The second kappa shape index (κ2) is 7.13. The van der Waals surface area contributed by atoms with E-state index in [1.54, 1.807) is 29.4 Å². The average Bonchev–Trinajstić information content (AvgIpc) is 2.80. The van der Waals surface area contributed by atoms with Crippen LogP contribution < -0.4 is 5.56 Å². The van der Waals surface area contributed by atoms with E-state index in [4.69, 9.17) is 0 Å². The summed E-state index contributed by atoms with van der Waals surface area (Å²) in [6.07, 6.45) is 8.66. The number of nitrogens with zero attached hydrogens (tertiary/aromatic N) is 4. The molecule has 0 radical (unpaired) electrons. The van der Waals surface area contributed by atoms with Gasteiger partial charge in [-0.15, -0.1) is 0 Å². The van der Waals surface area contributed by atoms with E-state index in [1.165, 1.54) is 0 Å². The van der Waals surface area contributed by atoms with Crippen molar-refractivity contribution in [2.45, 2.75) is 0 Å². The summed E-state index contributed by atoms with van der Waals surface area (Å²) in [5.41, 5.74) is 4.37. The first-order chi connectivity index (χ1) is 14.3. The molecule has 0 fully saturated rings. The van der Waals surface area contributed by atoms with Gasteiger partial charge in [-0.3, -0.25) is 24.3 Å². The number of benzene rings is 1. The summed E-state index contributed by atoms with van der Waals surface area (Å²) >= 11 is 0. The van der Waals surface area contributed by atoms with E-state index in [2.05, 4.69) is 15.0 Å². The van der Waals surface area contributed by atoms with Gasteiger partial charge in [0, 0.05) is 41.3 Å². The Morgan fingerprint density at radius 2 is 1.62 bits per heavy atom. The van der Waals surface area contributed by atoms with Gasteiger partial charge in [0.2, 0.25) is 0 Å².